The van der Waals surface area contributed by atoms with Crippen LogP contribution in [0.4, 0.5) is 0 Å². The van der Waals surface area contributed by atoms with E-state index >= 15 is 0 Å². The van der Waals surface area contributed by atoms with Gasteiger partial charge in [-0.05, 0) is 43.0 Å². The molecule has 0 amide bonds. The van der Waals surface area contributed by atoms with Crippen LogP contribution < -0.4 is 15.8 Å². The van der Waals surface area contributed by atoms with Gasteiger partial charge in [-0.3, -0.25) is 0 Å². The van der Waals surface area contributed by atoms with Gasteiger partial charge in [0.15, 0.2) is 5.96 Å². The Bertz CT molecular complexity index is 471. The third-order valence-electron chi connectivity index (χ3n) is 3.74. The zero-order chi connectivity index (χ0) is 14.4. The molecule has 1 aliphatic rings. The van der Waals surface area contributed by atoms with Crippen molar-refractivity contribution in [3.05, 3.63) is 29.3 Å². The molecule has 0 spiro atoms. The number of halogens is 1. The van der Waals surface area contributed by atoms with Crippen LogP contribution in [0.2, 0.25) is 0 Å². The van der Waals surface area contributed by atoms with Crippen molar-refractivity contribution in [1.29, 1.82) is 0 Å². The van der Waals surface area contributed by atoms with E-state index in [0.29, 0.717) is 18.5 Å². The van der Waals surface area contributed by atoms with Crippen molar-refractivity contribution < 1.29 is 4.74 Å². The predicted molar refractivity (Wildman–Crippen MR) is 98.5 cm³/mol. The summed E-state index contributed by atoms with van der Waals surface area (Å²) in [4.78, 5) is 4.43. The average molecular weight is 403 g/mol. The molecule has 1 aromatic carbocycles. The number of rotatable bonds is 4. The van der Waals surface area contributed by atoms with Gasteiger partial charge in [0.2, 0.25) is 0 Å². The summed E-state index contributed by atoms with van der Waals surface area (Å²) < 4.78 is 5.27. The van der Waals surface area contributed by atoms with Crippen LogP contribution in [0.1, 0.15) is 43.2 Å². The predicted octanol–water partition coefficient (Wildman–Crippen LogP) is 3.36. The lowest BCUT2D eigenvalue weighted by Crippen LogP contribution is -2.41. The van der Waals surface area contributed by atoms with Crippen molar-refractivity contribution >= 4 is 29.9 Å². The summed E-state index contributed by atoms with van der Waals surface area (Å²) in [6, 6.07) is 6.63. The van der Waals surface area contributed by atoms with Crippen molar-refractivity contribution in [2.24, 2.45) is 10.7 Å². The first-order valence-electron chi connectivity index (χ1n) is 7.38. The van der Waals surface area contributed by atoms with E-state index in [9.17, 15) is 0 Å². The van der Waals surface area contributed by atoms with Crippen LogP contribution in [0.5, 0.6) is 5.75 Å². The molecule has 0 bridgehead atoms. The Morgan fingerprint density at radius 3 is 2.67 bits per heavy atom. The number of methoxy groups -OCH3 is 1. The maximum Gasteiger partial charge on any atom is 0.189 e. The third-order valence-corrected chi connectivity index (χ3v) is 3.74. The summed E-state index contributed by atoms with van der Waals surface area (Å²) in [5.74, 6) is 1.42. The largest absolute Gasteiger partial charge is 0.497 e. The molecule has 5 heteroatoms. The summed E-state index contributed by atoms with van der Waals surface area (Å²) in [5, 5.41) is 3.33. The fraction of sp³-hybridized carbons (Fsp3) is 0.562. The summed E-state index contributed by atoms with van der Waals surface area (Å²) in [7, 11) is 1.68. The number of nitrogens with one attached hydrogen (secondary N) is 1. The Hall–Kier alpha value is -0.980. The molecule has 0 aromatic heterocycles. The Balaban J connectivity index is 0.00000220. The second kappa shape index (κ2) is 9.12. The first-order valence-corrected chi connectivity index (χ1v) is 7.38. The normalized spacial score (nSPS) is 16.2. The molecule has 21 heavy (non-hydrogen) atoms. The lowest BCUT2D eigenvalue weighted by atomic mass is 9.96. The molecular weight excluding hydrogens is 377 g/mol. The van der Waals surface area contributed by atoms with E-state index in [1.807, 2.05) is 12.1 Å². The van der Waals surface area contributed by atoms with E-state index < -0.39 is 0 Å². The number of hydrogen-bond acceptors (Lipinski definition) is 2. The SMILES string of the molecule is COc1cc(C)cc(CN=C(N)NC2CCCCC2)c1.I. The second-order valence-electron chi connectivity index (χ2n) is 5.54. The maximum atomic E-state index is 5.97. The van der Waals surface area contributed by atoms with Crippen molar-refractivity contribution in [3.63, 3.8) is 0 Å². The molecule has 1 aromatic rings. The quantitative estimate of drug-likeness (QED) is 0.461. The van der Waals surface area contributed by atoms with Gasteiger partial charge in [0.1, 0.15) is 5.75 Å². The molecule has 118 valence electrons. The van der Waals surface area contributed by atoms with E-state index in [4.69, 9.17) is 10.5 Å². The fourth-order valence-corrected chi connectivity index (χ4v) is 2.71. The third kappa shape index (κ3) is 6.11. The summed E-state index contributed by atoms with van der Waals surface area (Å²) in [6.45, 7) is 2.64. The average Bonchev–Trinajstić information content (AvgIpc) is 2.45. The summed E-state index contributed by atoms with van der Waals surface area (Å²) >= 11 is 0. The number of aryl methyl sites for hydroxylation is 1. The van der Waals surface area contributed by atoms with Crippen molar-refractivity contribution in [2.75, 3.05) is 7.11 Å². The van der Waals surface area contributed by atoms with Crippen LogP contribution >= 0.6 is 24.0 Å². The first kappa shape index (κ1) is 18.1. The first-order chi connectivity index (χ1) is 9.67. The molecule has 1 aliphatic carbocycles. The second-order valence-corrected chi connectivity index (χ2v) is 5.54. The van der Waals surface area contributed by atoms with Crippen LogP contribution in [0, 0.1) is 6.92 Å². The van der Waals surface area contributed by atoms with E-state index in [2.05, 4.69) is 23.3 Å². The molecule has 0 atom stereocenters. The fourth-order valence-electron chi connectivity index (χ4n) is 2.71. The van der Waals surface area contributed by atoms with Gasteiger partial charge in [-0.25, -0.2) is 4.99 Å². The lowest BCUT2D eigenvalue weighted by Gasteiger charge is -2.23. The Kier molecular flexibility index (Phi) is 7.85. The van der Waals surface area contributed by atoms with Crippen LogP contribution in [0.3, 0.4) is 0 Å². The van der Waals surface area contributed by atoms with E-state index in [1.54, 1.807) is 7.11 Å². The molecule has 3 N–H and O–H groups in total. The van der Waals surface area contributed by atoms with Gasteiger partial charge < -0.3 is 15.8 Å². The molecule has 0 heterocycles. The monoisotopic (exact) mass is 403 g/mol. The van der Waals surface area contributed by atoms with Gasteiger partial charge in [-0.15, -0.1) is 24.0 Å². The van der Waals surface area contributed by atoms with Crippen molar-refractivity contribution in [1.82, 2.24) is 5.32 Å². The molecule has 0 saturated heterocycles. The Morgan fingerprint density at radius 1 is 1.29 bits per heavy atom. The minimum Gasteiger partial charge on any atom is -0.497 e. The topological polar surface area (TPSA) is 59.6 Å². The smallest absolute Gasteiger partial charge is 0.189 e. The van der Waals surface area contributed by atoms with E-state index in [-0.39, 0.29) is 24.0 Å². The number of nitrogens with two attached hydrogens (primary N) is 1. The number of ether oxygens (including phenoxy) is 1. The van der Waals surface area contributed by atoms with Crippen molar-refractivity contribution in [2.45, 2.75) is 51.6 Å². The standard InChI is InChI=1S/C16H25N3O.HI/c1-12-8-13(10-15(9-12)20-2)11-18-16(17)19-14-6-4-3-5-7-14;/h8-10,14H,3-7,11H2,1-2H3,(H3,17,18,19);1H. The highest BCUT2D eigenvalue weighted by Crippen LogP contribution is 2.18. The highest BCUT2D eigenvalue weighted by atomic mass is 127. The maximum absolute atomic E-state index is 5.97. The summed E-state index contributed by atoms with van der Waals surface area (Å²) in [5.41, 5.74) is 8.26. The van der Waals surface area contributed by atoms with Crippen LogP contribution in [-0.4, -0.2) is 19.1 Å². The zero-order valence-electron chi connectivity index (χ0n) is 12.9. The summed E-state index contributed by atoms with van der Waals surface area (Å²) in [6.07, 6.45) is 6.33. The minimum absolute atomic E-state index is 0. The molecular formula is C16H26IN3O. The molecule has 1 fully saturated rings. The Labute approximate surface area is 144 Å². The van der Waals surface area contributed by atoms with Crippen LogP contribution in [-0.2, 0) is 6.54 Å². The van der Waals surface area contributed by atoms with Gasteiger partial charge in [-0.1, -0.05) is 25.3 Å². The Morgan fingerprint density at radius 2 is 2.00 bits per heavy atom. The molecule has 2 rings (SSSR count). The zero-order valence-corrected chi connectivity index (χ0v) is 15.2. The molecule has 0 aliphatic heterocycles. The molecule has 0 unspecified atom stereocenters. The number of guanidine groups is 1. The minimum atomic E-state index is 0. The van der Waals surface area contributed by atoms with Gasteiger partial charge in [0.25, 0.3) is 0 Å². The van der Waals surface area contributed by atoms with Crippen LogP contribution in [0.25, 0.3) is 0 Å². The number of aliphatic imine (C=N–C) groups is 1. The van der Waals surface area contributed by atoms with Crippen LogP contribution in [0.15, 0.2) is 23.2 Å². The lowest BCUT2D eigenvalue weighted by molar-refractivity contribution is 0.412. The molecule has 0 radical (unpaired) electrons. The molecule has 4 nitrogen and oxygen atoms in total. The van der Waals surface area contributed by atoms with Gasteiger partial charge in [-0.2, -0.15) is 0 Å². The number of hydrogen-bond donors (Lipinski definition) is 2. The van der Waals surface area contributed by atoms with Crippen molar-refractivity contribution in [3.8, 4) is 5.75 Å². The highest BCUT2D eigenvalue weighted by molar-refractivity contribution is 14.0. The number of benzene rings is 1. The molecule has 1 saturated carbocycles. The van der Waals surface area contributed by atoms with E-state index in [0.717, 1.165) is 11.3 Å². The van der Waals surface area contributed by atoms with Gasteiger partial charge in [0.05, 0.1) is 13.7 Å². The number of nitrogens with zero attached hydrogens (tertiary/aromatic N) is 1. The van der Waals surface area contributed by atoms with Gasteiger partial charge in [0, 0.05) is 6.04 Å². The van der Waals surface area contributed by atoms with Gasteiger partial charge >= 0.3 is 0 Å². The van der Waals surface area contributed by atoms with E-state index in [1.165, 1.54) is 37.7 Å². The highest BCUT2D eigenvalue weighted by Gasteiger charge is 2.13.